The van der Waals surface area contributed by atoms with E-state index in [-0.39, 0.29) is 18.4 Å². The van der Waals surface area contributed by atoms with Gasteiger partial charge in [-0.15, -0.1) is 10.2 Å². The predicted molar refractivity (Wildman–Crippen MR) is 126 cm³/mol. The van der Waals surface area contributed by atoms with Crippen molar-refractivity contribution in [3.8, 4) is 23.0 Å². The predicted octanol–water partition coefficient (Wildman–Crippen LogP) is 4.53. The number of ether oxygens (including phenoxy) is 2. The van der Waals surface area contributed by atoms with Crippen LogP contribution in [0.3, 0.4) is 0 Å². The Labute approximate surface area is 195 Å². The molecule has 9 nitrogen and oxygen atoms in total. The Bertz CT molecular complexity index is 1270. The molecule has 0 aliphatic carbocycles. The lowest BCUT2D eigenvalue weighted by Gasteiger charge is -2.08. The molecule has 0 spiro atoms. The quantitative estimate of drug-likeness (QED) is 0.398. The van der Waals surface area contributed by atoms with E-state index in [2.05, 4.69) is 20.8 Å². The van der Waals surface area contributed by atoms with Crippen LogP contribution in [0.4, 0.5) is 11.4 Å². The summed E-state index contributed by atoms with van der Waals surface area (Å²) >= 11 is 0. The maximum absolute atomic E-state index is 12.4. The molecule has 0 bridgehead atoms. The fourth-order valence-corrected chi connectivity index (χ4v) is 3.05. The van der Waals surface area contributed by atoms with Gasteiger partial charge in [-0.05, 0) is 72.8 Å². The fraction of sp³-hybridized carbons (Fsp3) is 0.120. The molecule has 4 aromatic rings. The largest absolute Gasteiger partial charge is 0.497 e. The number of hydrogen-bond acceptors (Lipinski definition) is 7. The molecule has 1 heterocycles. The van der Waals surface area contributed by atoms with Gasteiger partial charge in [-0.3, -0.25) is 9.59 Å². The summed E-state index contributed by atoms with van der Waals surface area (Å²) in [4.78, 5) is 23.5. The molecule has 0 unspecified atom stereocenters. The van der Waals surface area contributed by atoms with Gasteiger partial charge in [0.15, 0.2) is 6.61 Å². The van der Waals surface area contributed by atoms with E-state index < -0.39 is 0 Å². The van der Waals surface area contributed by atoms with Crippen molar-refractivity contribution in [1.29, 1.82) is 0 Å². The Kier molecular flexibility index (Phi) is 6.83. The number of nitrogens with zero attached hydrogens (tertiary/aromatic N) is 2. The number of benzene rings is 3. The number of anilines is 2. The molecule has 34 heavy (non-hydrogen) atoms. The highest BCUT2D eigenvalue weighted by atomic mass is 16.5. The van der Waals surface area contributed by atoms with E-state index in [0.29, 0.717) is 34.5 Å². The first-order valence-corrected chi connectivity index (χ1v) is 10.4. The van der Waals surface area contributed by atoms with Crippen LogP contribution in [-0.4, -0.2) is 29.1 Å². The topological polar surface area (TPSA) is 116 Å². The zero-order chi connectivity index (χ0) is 23.9. The highest BCUT2D eigenvalue weighted by Gasteiger charge is 2.10. The van der Waals surface area contributed by atoms with Crippen molar-refractivity contribution < 1.29 is 23.5 Å². The van der Waals surface area contributed by atoms with Crippen LogP contribution in [0.1, 0.15) is 23.2 Å². The van der Waals surface area contributed by atoms with Gasteiger partial charge in [-0.2, -0.15) is 0 Å². The molecule has 3 aromatic carbocycles. The van der Waals surface area contributed by atoms with Gasteiger partial charge in [0, 0.05) is 29.4 Å². The second-order valence-electron chi connectivity index (χ2n) is 7.26. The summed E-state index contributed by atoms with van der Waals surface area (Å²) in [6, 6.07) is 20.9. The molecule has 9 heteroatoms. The Balaban J connectivity index is 1.30. The van der Waals surface area contributed by atoms with E-state index in [9.17, 15) is 9.59 Å². The maximum Gasteiger partial charge on any atom is 0.255 e. The van der Waals surface area contributed by atoms with E-state index in [4.69, 9.17) is 13.9 Å². The van der Waals surface area contributed by atoms with Crippen molar-refractivity contribution >= 4 is 23.2 Å². The summed E-state index contributed by atoms with van der Waals surface area (Å²) in [5, 5.41) is 13.5. The number of aromatic nitrogens is 2. The highest BCUT2D eigenvalue weighted by Crippen LogP contribution is 2.22. The van der Waals surface area contributed by atoms with Crippen LogP contribution in [0.25, 0.3) is 11.5 Å². The van der Waals surface area contributed by atoms with Gasteiger partial charge in [0.05, 0.1) is 7.11 Å². The van der Waals surface area contributed by atoms with Crippen LogP contribution >= 0.6 is 0 Å². The first kappa shape index (κ1) is 22.5. The van der Waals surface area contributed by atoms with E-state index in [1.807, 2.05) is 24.3 Å². The summed E-state index contributed by atoms with van der Waals surface area (Å²) in [6.45, 7) is 1.53. The number of carbonyl (C=O) groups is 2. The number of carbonyl (C=O) groups excluding carboxylic acids is 2. The van der Waals surface area contributed by atoms with Gasteiger partial charge in [-0.25, -0.2) is 0 Å². The second kappa shape index (κ2) is 10.3. The Hall–Kier alpha value is -4.66. The Morgan fingerprint density at radius 1 is 0.824 bits per heavy atom. The monoisotopic (exact) mass is 458 g/mol. The number of hydrogen-bond donors (Lipinski definition) is 2. The summed E-state index contributed by atoms with van der Waals surface area (Å²) in [7, 11) is 1.60. The molecule has 0 aliphatic rings. The zero-order valence-electron chi connectivity index (χ0n) is 18.6. The lowest BCUT2D eigenvalue weighted by Crippen LogP contribution is -2.12. The molecule has 2 amide bonds. The SMILES string of the molecule is COc1ccc(-c2nnc(COc3ccc(NC(=O)c4ccc(NC(C)=O)cc4)cc3)o2)cc1. The van der Waals surface area contributed by atoms with Gasteiger partial charge < -0.3 is 24.5 Å². The number of rotatable bonds is 8. The van der Waals surface area contributed by atoms with Crippen LogP contribution in [0.15, 0.2) is 77.2 Å². The van der Waals surface area contributed by atoms with Crippen molar-refractivity contribution in [2.45, 2.75) is 13.5 Å². The van der Waals surface area contributed by atoms with Gasteiger partial charge in [0.2, 0.25) is 11.8 Å². The summed E-state index contributed by atoms with van der Waals surface area (Å²) in [5.74, 6) is 1.62. The maximum atomic E-state index is 12.4. The van der Waals surface area contributed by atoms with Crippen molar-refractivity contribution in [1.82, 2.24) is 10.2 Å². The van der Waals surface area contributed by atoms with Crippen LogP contribution in [0.2, 0.25) is 0 Å². The molecule has 2 N–H and O–H groups in total. The minimum atomic E-state index is -0.264. The van der Waals surface area contributed by atoms with Crippen LogP contribution in [0.5, 0.6) is 11.5 Å². The zero-order valence-corrected chi connectivity index (χ0v) is 18.6. The van der Waals surface area contributed by atoms with Crippen LogP contribution < -0.4 is 20.1 Å². The molecule has 0 aliphatic heterocycles. The molecule has 0 fully saturated rings. The molecular formula is C25H22N4O5. The normalized spacial score (nSPS) is 10.4. The molecule has 4 rings (SSSR count). The highest BCUT2D eigenvalue weighted by molar-refractivity contribution is 6.04. The number of amides is 2. The summed E-state index contributed by atoms with van der Waals surface area (Å²) in [6.07, 6.45) is 0. The van der Waals surface area contributed by atoms with E-state index in [1.165, 1.54) is 6.92 Å². The van der Waals surface area contributed by atoms with Crippen LogP contribution in [0, 0.1) is 0 Å². The van der Waals surface area contributed by atoms with E-state index >= 15 is 0 Å². The third-order valence-corrected chi connectivity index (χ3v) is 4.75. The molecule has 0 saturated heterocycles. The molecule has 172 valence electrons. The number of methoxy groups -OCH3 is 1. The molecule has 0 radical (unpaired) electrons. The molecule has 1 aromatic heterocycles. The minimum Gasteiger partial charge on any atom is -0.497 e. The van der Waals surface area contributed by atoms with Gasteiger partial charge in [-0.1, -0.05) is 0 Å². The third-order valence-electron chi connectivity index (χ3n) is 4.75. The summed E-state index contributed by atoms with van der Waals surface area (Å²) in [5.41, 5.74) is 2.49. The Morgan fingerprint density at radius 2 is 1.44 bits per heavy atom. The van der Waals surface area contributed by atoms with Crippen molar-refractivity contribution in [2.75, 3.05) is 17.7 Å². The van der Waals surface area contributed by atoms with E-state index in [0.717, 1.165) is 11.3 Å². The van der Waals surface area contributed by atoms with Crippen molar-refractivity contribution in [3.05, 3.63) is 84.3 Å². The third kappa shape index (κ3) is 5.77. The average molecular weight is 458 g/mol. The smallest absolute Gasteiger partial charge is 0.255 e. The minimum absolute atomic E-state index is 0.107. The van der Waals surface area contributed by atoms with Gasteiger partial charge in [0.1, 0.15) is 11.5 Å². The standard InChI is InChI=1S/C25H22N4O5/c1-16(30)26-19-7-3-17(4-8-19)24(31)27-20-9-13-22(14-10-20)33-15-23-28-29-25(34-23)18-5-11-21(32-2)12-6-18/h3-14H,15H2,1-2H3,(H,26,30)(H,27,31). The first-order valence-electron chi connectivity index (χ1n) is 10.4. The fourth-order valence-electron chi connectivity index (χ4n) is 3.05. The van der Waals surface area contributed by atoms with Crippen LogP contribution in [-0.2, 0) is 11.4 Å². The van der Waals surface area contributed by atoms with E-state index in [1.54, 1.807) is 55.6 Å². The first-order chi connectivity index (χ1) is 16.5. The van der Waals surface area contributed by atoms with Gasteiger partial charge in [0.25, 0.3) is 11.8 Å². The lowest BCUT2D eigenvalue weighted by molar-refractivity contribution is -0.114. The average Bonchev–Trinajstić information content (AvgIpc) is 3.33. The van der Waals surface area contributed by atoms with Crippen molar-refractivity contribution in [2.24, 2.45) is 0 Å². The van der Waals surface area contributed by atoms with Crippen molar-refractivity contribution in [3.63, 3.8) is 0 Å². The molecule has 0 atom stereocenters. The number of nitrogens with one attached hydrogen (secondary N) is 2. The molecular weight excluding hydrogens is 436 g/mol. The summed E-state index contributed by atoms with van der Waals surface area (Å²) < 4.78 is 16.5. The Morgan fingerprint density at radius 3 is 2.09 bits per heavy atom. The lowest BCUT2D eigenvalue weighted by atomic mass is 10.2. The second-order valence-corrected chi connectivity index (χ2v) is 7.26. The van der Waals surface area contributed by atoms with Gasteiger partial charge >= 0.3 is 0 Å². The molecule has 0 saturated carbocycles.